The molecule has 2 rings (SSSR count). The van der Waals surface area contributed by atoms with E-state index in [2.05, 4.69) is 0 Å². The van der Waals surface area contributed by atoms with E-state index < -0.39 is 0 Å². The zero-order valence-electron chi connectivity index (χ0n) is 10.6. The summed E-state index contributed by atoms with van der Waals surface area (Å²) >= 11 is 13.8. The third-order valence-corrected chi connectivity index (χ3v) is 4.21. The molecule has 0 N–H and O–H groups in total. The molecule has 1 heterocycles. The standard InChI is InChI=1S/C13H11Cl2IN2O2/c1-2-17-7-11(16)12(19)18(13(17)20)6-8-3-4-9(14)5-10(8)15/h3-5,7H,2,6H2,1H3. The van der Waals surface area contributed by atoms with Crippen LogP contribution >= 0.6 is 45.8 Å². The van der Waals surface area contributed by atoms with Crippen molar-refractivity contribution in [3.63, 3.8) is 0 Å². The van der Waals surface area contributed by atoms with Gasteiger partial charge < -0.3 is 0 Å². The SMILES string of the molecule is CCn1cc(I)c(=O)n(Cc2ccc(Cl)cc2Cl)c1=O. The van der Waals surface area contributed by atoms with Gasteiger partial charge in [0.15, 0.2) is 0 Å². The minimum Gasteiger partial charge on any atom is -0.300 e. The zero-order valence-corrected chi connectivity index (χ0v) is 14.2. The summed E-state index contributed by atoms with van der Waals surface area (Å²) in [5.41, 5.74) is 0.0233. The molecule has 0 aliphatic carbocycles. The fraction of sp³-hybridized carbons (Fsp3) is 0.231. The number of hydrogen-bond donors (Lipinski definition) is 0. The summed E-state index contributed by atoms with van der Waals surface area (Å²) in [6.07, 6.45) is 1.56. The zero-order chi connectivity index (χ0) is 14.9. The van der Waals surface area contributed by atoms with Gasteiger partial charge in [-0.05, 0) is 47.2 Å². The molecule has 1 aromatic heterocycles. The average Bonchev–Trinajstić information content (AvgIpc) is 2.41. The number of aromatic nitrogens is 2. The molecule has 7 heteroatoms. The van der Waals surface area contributed by atoms with E-state index in [1.807, 2.05) is 29.5 Å². The van der Waals surface area contributed by atoms with E-state index in [1.54, 1.807) is 24.4 Å². The first kappa shape index (κ1) is 15.6. The molecule has 2 aromatic rings. The molecule has 106 valence electrons. The van der Waals surface area contributed by atoms with E-state index in [0.717, 1.165) is 0 Å². The third-order valence-electron chi connectivity index (χ3n) is 2.88. The Labute approximate surface area is 139 Å². The predicted octanol–water partition coefficient (Wildman–Crippen LogP) is 2.99. The van der Waals surface area contributed by atoms with Crippen LogP contribution in [0.4, 0.5) is 0 Å². The van der Waals surface area contributed by atoms with Gasteiger partial charge in [-0.15, -0.1) is 0 Å². The molecule has 20 heavy (non-hydrogen) atoms. The van der Waals surface area contributed by atoms with Crippen molar-refractivity contribution in [1.29, 1.82) is 0 Å². The third kappa shape index (κ3) is 3.10. The molecule has 0 fully saturated rings. The Morgan fingerprint density at radius 1 is 1.25 bits per heavy atom. The fourth-order valence-electron chi connectivity index (χ4n) is 1.80. The Kier molecular flexibility index (Phi) is 4.93. The second-order valence-corrected chi connectivity index (χ2v) is 6.18. The Bertz CT molecular complexity index is 768. The molecule has 0 spiro atoms. The minimum atomic E-state index is -0.344. The maximum absolute atomic E-state index is 12.2. The van der Waals surface area contributed by atoms with Crippen molar-refractivity contribution in [2.75, 3.05) is 0 Å². The normalized spacial score (nSPS) is 10.8. The summed E-state index contributed by atoms with van der Waals surface area (Å²) < 4.78 is 3.17. The van der Waals surface area contributed by atoms with Gasteiger partial charge in [0.1, 0.15) is 0 Å². The highest BCUT2D eigenvalue weighted by Crippen LogP contribution is 2.21. The number of nitrogens with zero attached hydrogens (tertiary/aromatic N) is 2. The van der Waals surface area contributed by atoms with Crippen molar-refractivity contribution in [3.05, 3.63) is 64.4 Å². The molecule has 0 saturated carbocycles. The molecule has 0 amide bonds. The van der Waals surface area contributed by atoms with Gasteiger partial charge in [0.25, 0.3) is 5.56 Å². The summed E-state index contributed by atoms with van der Waals surface area (Å²) in [7, 11) is 0. The van der Waals surface area contributed by atoms with Crippen LogP contribution in [0.15, 0.2) is 34.0 Å². The van der Waals surface area contributed by atoms with Crippen LogP contribution in [-0.4, -0.2) is 9.13 Å². The summed E-state index contributed by atoms with van der Waals surface area (Å²) in [5.74, 6) is 0. The van der Waals surface area contributed by atoms with Crippen molar-refractivity contribution in [2.45, 2.75) is 20.0 Å². The lowest BCUT2D eigenvalue weighted by molar-refractivity contribution is 0.595. The molecule has 4 nitrogen and oxygen atoms in total. The lowest BCUT2D eigenvalue weighted by Crippen LogP contribution is -2.41. The van der Waals surface area contributed by atoms with E-state index in [9.17, 15) is 9.59 Å². The van der Waals surface area contributed by atoms with Crippen LogP contribution in [0.3, 0.4) is 0 Å². The van der Waals surface area contributed by atoms with Crippen molar-refractivity contribution < 1.29 is 0 Å². The Balaban J connectivity index is 2.56. The van der Waals surface area contributed by atoms with E-state index in [-0.39, 0.29) is 17.8 Å². The van der Waals surface area contributed by atoms with Crippen LogP contribution in [0.1, 0.15) is 12.5 Å². The molecule has 0 aliphatic rings. The number of benzene rings is 1. The van der Waals surface area contributed by atoms with Crippen LogP contribution in [0, 0.1) is 3.57 Å². The monoisotopic (exact) mass is 424 g/mol. The Hall–Kier alpha value is -0.790. The van der Waals surface area contributed by atoms with Gasteiger partial charge in [-0.2, -0.15) is 0 Å². The van der Waals surface area contributed by atoms with Gasteiger partial charge in [-0.3, -0.25) is 13.9 Å². The lowest BCUT2D eigenvalue weighted by Gasteiger charge is -2.11. The maximum atomic E-state index is 12.2. The first-order valence-corrected chi connectivity index (χ1v) is 7.71. The van der Waals surface area contributed by atoms with Crippen molar-refractivity contribution in [3.8, 4) is 0 Å². The topological polar surface area (TPSA) is 44.0 Å². The fourth-order valence-corrected chi connectivity index (χ4v) is 2.90. The Morgan fingerprint density at radius 3 is 2.55 bits per heavy atom. The molecule has 0 saturated heterocycles. The van der Waals surface area contributed by atoms with Gasteiger partial charge >= 0.3 is 5.69 Å². The van der Waals surface area contributed by atoms with Crippen LogP contribution in [0.25, 0.3) is 0 Å². The van der Waals surface area contributed by atoms with Crippen LogP contribution in [-0.2, 0) is 13.1 Å². The van der Waals surface area contributed by atoms with Crippen molar-refractivity contribution >= 4 is 45.8 Å². The molecule has 0 unspecified atom stereocenters. The van der Waals surface area contributed by atoms with Gasteiger partial charge in [-0.1, -0.05) is 29.3 Å². The van der Waals surface area contributed by atoms with Crippen LogP contribution < -0.4 is 11.2 Å². The number of hydrogen-bond acceptors (Lipinski definition) is 2. The minimum absolute atomic E-state index is 0.129. The molecule has 0 aliphatic heterocycles. The van der Waals surface area contributed by atoms with E-state index in [1.165, 1.54) is 9.13 Å². The summed E-state index contributed by atoms with van der Waals surface area (Å²) in [4.78, 5) is 24.3. The molecular weight excluding hydrogens is 414 g/mol. The Morgan fingerprint density at radius 2 is 1.95 bits per heavy atom. The van der Waals surface area contributed by atoms with Gasteiger partial charge in [0, 0.05) is 22.8 Å². The predicted molar refractivity (Wildman–Crippen MR) is 88.9 cm³/mol. The molecule has 0 radical (unpaired) electrons. The highest BCUT2D eigenvalue weighted by atomic mass is 127. The van der Waals surface area contributed by atoms with Crippen molar-refractivity contribution in [1.82, 2.24) is 9.13 Å². The van der Waals surface area contributed by atoms with Gasteiger partial charge in [-0.25, -0.2) is 4.79 Å². The largest absolute Gasteiger partial charge is 0.331 e. The molecular formula is C13H11Cl2IN2O2. The van der Waals surface area contributed by atoms with E-state index in [4.69, 9.17) is 23.2 Å². The second-order valence-electron chi connectivity index (χ2n) is 4.17. The summed E-state index contributed by atoms with van der Waals surface area (Å²) in [6, 6.07) is 4.99. The number of halogens is 3. The summed E-state index contributed by atoms with van der Waals surface area (Å²) in [6.45, 7) is 2.48. The highest BCUT2D eigenvalue weighted by Gasteiger charge is 2.11. The highest BCUT2D eigenvalue weighted by molar-refractivity contribution is 14.1. The van der Waals surface area contributed by atoms with Gasteiger partial charge in [0.05, 0.1) is 10.1 Å². The molecule has 0 bridgehead atoms. The number of aryl methyl sites for hydroxylation is 1. The van der Waals surface area contributed by atoms with Crippen LogP contribution in [0.2, 0.25) is 10.0 Å². The van der Waals surface area contributed by atoms with Crippen molar-refractivity contribution in [2.24, 2.45) is 0 Å². The molecule has 0 atom stereocenters. The van der Waals surface area contributed by atoms with Crippen LogP contribution in [0.5, 0.6) is 0 Å². The van der Waals surface area contributed by atoms with E-state index >= 15 is 0 Å². The first-order chi connectivity index (χ1) is 9.43. The number of rotatable bonds is 3. The quantitative estimate of drug-likeness (QED) is 0.711. The summed E-state index contributed by atoms with van der Waals surface area (Å²) in [5, 5.41) is 0.949. The smallest absolute Gasteiger partial charge is 0.300 e. The average molecular weight is 425 g/mol. The second kappa shape index (κ2) is 6.32. The van der Waals surface area contributed by atoms with Gasteiger partial charge in [0.2, 0.25) is 0 Å². The molecule has 1 aromatic carbocycles. The maximum Gasteiger partial charge on any atom is 0.331 e. The van der Waals surface area contributed by atoms with E-state index in [0.29, 0.717) is 25.7 Å². The lowest BCUT2D eigenvalue weighted by atomic mass is 10.2. The first-order valence-electron chi connectivity index (χ1n) is 5.87.